The summed E-state index contributed by atoms with van der Waals surface area (Å²) in [6.45, 7) is 0.513. The molecule has 2 atom stereocenters. The predicted molar refractivity (Wildman–Crippen MR) is 140 cm³/mol. The smallest absolute Gasteiger partial charge is 0.407 e. The topological polar surface area (TPSA) is 121 Å². The highest BCUT2D eigenvalue weighted by molar-refractivity contribution is 9.10. The maximum absolute atomic E-state index is 12.8. The SMILES string of the molecule is O=C(NCC1CC(C(=O)Nc2cccc(Br)n2)N(C(=O)O)C1)OCC1c2ccccc2-c2ccccc21. The Morgan fingerprint density at radius 2 is 1.68 bits per heavy atom. The summed E-state index contributed by atoms with van der Waals surface area (Å²) in [6.07, 6.45) is -1.49. The number of hydrogen-bond acceptors (Lipinski definition) is 5. The first-order valence-electron chi connectivity index (χ1n) is 11.9. The lowest BCUT2D eigenvalue weighted by atomic mass is 9.98. The average Bonchev–Trinajstić information content (AvgIpc) is 3.46. The van der Waals surface area contributed by atoms with Crippen LogP contribution in [0.5, 0.6) is 0 Å². The van der Waals surface area contributed by atoms with Crippen LogP contribution in [0.3, 0.4) is 0 Å². The van der Waals surface area contributed by atoms with Gasteiger partial charge in [-0.25, -0.2) is 14.6 Å². The van der Waals surface area contributed by atoms with Gasteiger partial charge in [0.25, 0.3) is 0 Å². The molecule has 5 rings (SSSR count). The molecule has 1 aliphatic heterocycles. The first-order chi connectivity index (χ1) is 17.9. The number of carbonyl (C=O) groups is 3. The van der Waals surface area contributed by atoms with Crippen molar-refractivity contribution in [2.75, 3.05) is 25.0 Å². The molecule has 0 bridgehead atoms. The molecule has 37 heavy (non-hydrogen) atoms. The zero-order valence-corrected chi connectivity index (χ0v) is 21.3. The molecular weight excluding hydrogens is 540 g/mol. The lowest BCUT2D eigenvalue weighted by Gasteiger charge is -2.20. The summed E-state index contributed by atoms with van der Waals surface area (Å²) in [7, 11) is 0. The quantitative estimate of drug-likeness (QED) is 0.373. The Bertz CT molecular complexity index is 1300. The highest BCUT2D eigenvalue weighted by Gasteiger charge is 2.40. The van der Waals surface area contributed by atoms with E-state index in [-0.39, 0.29) is 38.0 Å². The van der Waals surface area contributed by atoms with Crippen molar-refractivity contribution in [1.82, 2.24) is 15.2 Å². The van der Waals surface area contributed by atoms with Crippen molar-refractivity contribution in [2.45, 2.75) is 18.4 Å². The third kappa shape index (κ3) is 5.29. The molecule has 2 aromatic carbocycles. The summed E-state index contributed by atoms with van der Waals surface area (Å²) in [6, 6.07) is 20.4. The van der Waals surface area contributed by atoms with E-state index in [9.17, 15) is 19.5 Å². The van der Waals surface area contributed by atoms with Crippen LogP contribution < -0.4 is 10.6 Å². The average molecular weight is 565 g/mol. The van der Waals surface area contributed by atoms with E-state index >= 15 is 0 Å². The van der Waals surface area contributed by atoms with Crippen LogP contribution in [0.15, 0.2) is 71.3 Å². The highest BCUT2D eigenvalue weighted by atomic mass is 79.9. The standard InChI is InChI=1S/C27H25BrN4O5/c28-23-10-5-11-24(30-23)31-25(33)22-12-16(14-32(22)27(35)36)13-29-26(34)37-15-21-19-8-3-1-6-17(19)18-7-2-4-9-20(18)21/h1-11,16,21-22H,12-15H2,(H,29,34)(H,35,36)(H,30,31,33). The van der Waals surface area contributed by atoms with Crippen molar-refractivity contribution >= 4 is 39.8 Å². The van der Waals surface area contributed by atoms with Crippen molar-refractivity contribution in [3.63, 3.8) is 0 Å². The van der Waals surface area contributed by atoms with Gasteiger partial charge in [0.15, 0.2) is 0 Å². The summed E-state index contributed by atoms with van der Waals surface area (Å²) >= 11 is 3.25. The van der Waals surface area contributed by atoms with E-state index in [2.05, 4.69) is 55.8 Å². The summed E-state index contributed by atoms with van der Waals surface area (Å²) in [4.78, 5) is 42.3. The second-order valence-electron chi connectivity index (χ2n) is 9.09. The molecule has 2 unspecified atom stereocenters. The molecule has 1 aliphatic carbocycles. The molecule has 3 amide bonds. The Hall–Kier alpha value is -3.92. The molecule has 1 saturated heterocycles. The number of amides is 3. The summed E-state index contributed by atoms with van der Waals surface area (Å²) < 4.78 is 6.12. The minimum absolute atomic E-state index is 0.0492. The molecule has 2 heterocycles. The zero-order chi connectivity index (χ0) is 25.9. The molecule has 1 aromatic heterocycles. The molecule has 190 valence electrons. The van der Waals surface area contributed by atoms with E-state index in [1.165, 1.54) is 0 Å². The predicted octanol–water partition coefficient (Wildman–Crippen LogP) is 4.69. The van der Waals surface area contributed by atoms with Crippen molar-refractivity contribution < 1.29 is 24.2 Å². The van der Waals surface area contributed by atoms with E-state index in [1.54, 1.807) is 18.2 Å². The van der Waals surface area contributed by atoms with E-state index < -0.39 is 24.1 Å². The molecule has 2 aliphatic rings. The fourth-order valence-electron chi connectivity index (χ4n) is 5.10. The van der Waals surface area contributed by atoms with Crippen molar-refractivity contribution in [3.05, 3.63) is 82.5 Å². The maximum atomic E-state index is 12.8. The van der Waals surface area contributed by atoms with E-state index in [1.807, 2.05) is 24.3 Å². The maximum Gasteiger partial charge on any atom is 0.407 e. The van der Waals surface area contributed by atoms with Crippen molar-refractivity contribution in [2.24, 2.45) is 5.92 Å². The monoisotopic (exact) mass is 564 g/mol. The molecule has 1 fully saturated rings. The lowest BCUT2D eigenvalue weighted by Crippen LogP contribution is -2.42. The number of carbonyl (C=O) groups excluding carboxylic acids is 2. The number of ether oxygens (including phenoxy) is 1. The van der Waals surface area contributed by atoms with Crippen LogP contribution in [0.4, 0.5) is 15.4 Å². The normalized spacial score (nSPS) is 18.1. The van der Waals surface area contributed by atoms with Crippen LogP contribution >= 0.6 is 15.9 Å². The number of pyridine rings is 1. The van der Waals surface area contributed by atoms with Crippen LogP contribution in [0.2, 0.25) is 0 Å². The molecule has 9 nitrogen and oxygen atoms in total. The Kier molecular flexibility index (Phi) is 7.09. The molecule has 10 heteroatoms. The zero-order valence-electron chi connectivity index (χ0n) is 19.8. The van der Waals surface area contributed by atoms with E-state index in [0.717, 1.165) is 27.2 Å². The minimum Gasteiger partial charge on any atom is -0.465 e. The van der Waals surface area contributed by atoms with Gasteiger partial charge in [-0.1, -0.05) is 54.6 Å². The van der Waals surface area contributed by atoms with Gasteiger partial charge < -0.3 is 20.5 Å². The van der Waals surface area contributed by atoms with Gasteiger partial charge in [-0.15, -0.1) is 0 Å². The number of nitrogens with one attached hydrogen (secondary N) is 2. The van der Waals surface area contributed by atoms with Crippen LogP contribution in [0.25, 0.3) is 11.1 Å². The Morgan fingerprint density at radius 3 is 2.32 bits per heavy atom. The first-order valence-corrected chi connectivity index (χ1v) is 12.7. The molecule has 0 radical (unpaired) electrons. The van der Waals surface area contributed by atoms with E-state index in [0.29, 0.717) is 10.4 Å². The second kappa shape index (κ2) is 10.6. The van der Waals surface area contributed by atoms with Gasteiger partial charge in [-0.05, 0) is 62.7 Å². The molecule has 3 N–H and O–H groups in total. The third-order valence-corrected chi connectivity index (χ3v) is 7.22. The van der Waals surface area contributed by atoms with Gasteiger partial charge >= 0.3 is 12.2 Å². The van der Waals surface area contributed by atoms with Crippen LogP contribution in [-0.4, -0.2) is 58.8 Å². The molecule has 0 spiro atoms. The van der Waals surface area contributed by atoms with Crippen molar-refractivity contribution in [1.29, 1.82) is 0 Å². The number of alkyl carbamates (subject to hydrolysis) is 1. The number of halogens is 1. The number of rotatable bonds is 6. The summed E-state index contributed by atoms with van der Waals surface area (Å²) in [5.41, 5.74) is 4.54. The fraction of sp³-hybridized carbons (Fsp3) is 0.259. The van der Waals surface area contributed by atoms with Gasteiger partial charge in [0.05, 0.1) is 0 Å². The molecule has 0 saturated carbocycles. The van der Waals surface area contributed by atoms with Gasteiger partial charge in [0, 0.05) is 19.0 Å². The number of aromatic nitrogens is 1. The largest absolute Gasteiger partial charge is 0.465 e. The lowest BCUT2D eigenvalue weighted by molar-refractivity contribution is -0.119. The fourth-order valence-corrected chi connectivity index (χ4v) is 5.44. The Labute approximate surface area is 222 Å². The van der Waals surface area contributed by atoms with Crippen LogP contribution in [-0.2, 0) is 9.53 Å². The number of hydrogen-bond donors (Lipinski definition) is 3. The number of nitrogens with zero attached hydrogens (tertiary/aromatic N) is 2. The number of carboxylic acid groups (broad SMARTS) is 1. The number of likely N-dealkylation sites (tertiary alicyclic amines) is 1. The summed E-state index contributed by atoms with van der Waals surface area (Å²) in [5.74, 6) is -0.420. The summed E-state index contributed by atoms with van der Waals surface area (Å²) in [5, 5.41) is 15.0. The third-order valence-electron chi connectivity index (χ3n) is 6.78. The minimum atomic E-state index is -1.19. The van der Waals surface area contributed by atoms with Crippen LogP contribution in [0.1, 0.15) is 23.5 Å². The van der Waals surface area contributed by atoms with Gasteiger partial charge in [0.1, 0.15) is 23.1 Å². The number of benzene rings is 2. The van der Waals surface area contributed by atoms with E-state index in [4.69, 9.17) is 4.74 Å². The van der Waals surface area contributed by atoms with Crippen molar-refractivity contribution in [3.8, 4) is 11.1 Å². The molecule has 3 aromatic rings. The second-order valence-corrected chi connectivity index (χ2v) is 9.91. The number of anilines is 1. The molecular formula is C27H25BrN4O5. The Balaban J connectivity index is 1.16. The van der Waals surface area contributed by atoms with Gasteiger partial charge in [-0.3, -0.25) is 9.69 Å². The van der Waals surface area contributed by atoms with Gasteiger partial charge in [-0.2, -0.15) is 0 Å². The highest BCUT2D eigenvalue weighted by Crippen LogP contribution is 2.44. The number of fused-ring (bicyclic) bond motifs is 3. The van der Waals surface area contributed by atoms with Gasteiger partial charge in [0.2, 0.25) is 5.91 Å². The Morgan fingerprint density at radius 1 is 1.00 bits per heavy atom. The first kappa shape index (κ1) is 24.8. The van der Waals surface area contributed by atoms with Crippen LogP contribution in [0, 0.1) is 5.92 Å².